The number of carbonyl (C=O) groups is 1. The number of aromatic nitrogens is 3. The zero-order valence-electron chi connectivity index (χ0n) is 14.0. The van der Waals surface area contributed by atoms with E-state index < -0.39 is 0 Å². The van der Waals surface area contributed by atoms with Crippen LogP contribution in [-0.4, -0.2) is 26.4 Å². The predicted octanol–water partition coefficient (Wildman–Crippen LogP) is 2.75. The summed E-state index contributed by atoms with van der Waals surface area (Å²) in [5, 5.41) is 3.22. The molecule has 2 aliphatic rings. The van der Waals surface area contributed by atoms with Gasteiger partial charge in [-0.15, -0.1) is 0 Å². The van der Waals surface area contributed by atoms with Gasteiger partial charge in [-0.25, -0.2) is 15.0 Å². The molecular formula is C20H20N4O. The van der Waals surface area contributed by atoms with Gasteiger partial charge in [0.15, 0.2) is 0 Å². The van der Waals surface area contributed by atoms with E-state index in [1.54, 1.807) is 24.7 Å². The minimum Gasteiger partial charge on any atom is -0.344 e. The molecule has 5 nitrogen and oxygen atoms in total. The van der Waals surface area contributed by atoms with Gasteiger partial charge >= 0.3 is 0 Å². The number of nitrogens with one attached hydrogen (secondary N) is 1. The second-order valence-corrected chi connectivity index (χ2v) is 7.08. The highest BCUT2D eigenvalue weighted by molar-refractivity contribution is 5.90. The number of rotatable bonds is 2. The standard InChI is InChI=1S/C20H20N4O/c25-18(17-22-13-4-14-23-17)24-20-8-3-7-19(15-20,10-11-20)9-6-16-5-1-2-12-21-16/h1-2,4-5,12-14H,3,7-8,10-11,15H2,(H,24,25)/t19-,20+/m0/s1. The fraction of sp³-hybridized carbons (Fsp3) is 0.400. The molecule has 4 rings (SSSR count). The average Bonchev–Trinajstić information content (AvgIpc) is 2.92. The van der Waals surface area contributed by atoms with Crippen LogP contribution in [0.4, 0.5) is 0 Å². The summed E-state index contributed by atoms with van der Waals surface area (Å²) in [5.74, 6) is 6.77. The van der Waals surface area contributed by atoms with Crippen molar-refractivity contribution in [3.63, 3.8) is 0 Å². The van der Waals surface area contributed by atoms with E-state index in [9.17, 15) is 4.79 Å². The van der Waals surface area contributed by atoms with E-state index in [1.807, 2.05) is 18.2 Å². The molecule has 2 aliphatic carbocycles. The van der Waals surface area contributed by atoms with E-state index in [-0.39, 0.29) is 22.7 Å². The first-order chi connectivity index (χ1) is 12.2. The number of hydrogen-bond acceptors (Lipinski definition) is 4. The second-order valence-electron chi connectivity index (χ2n) is 7.08. The first-order valence-electron chi connectivity index (χ1n) is 8.73. The van der Waals surface area contributed by atoms with Gasteiger partial charge in [0, 0.05) is 29.5 Å². The molecule has 2 aromatic rings. The van der Waals surface area contributed by atoms with Crippen LogP contribution < -0.4 is 5.32 Å². The van der Waals surface area contributed by atoms with E-state index in [2.05, 4.69) is 32.1 Å². The Morgan fingerprint density at radius 3 is 2.64 bits per heavy atom. The van der Waals surface area contributed by atoms with Gasteiger partial charge in [0.1, 0.15) is 5.69 Å². The van der Waals surface area contributed by atoms with Gasteiger partial charge in [0.2, 0.25) is 5.82 Å². The number of fused-ring (bicyclic) bond motifs is 2. The lowest BCUT2D eigenvalue weighted by Gasteiger charge is -2.37. The van der Waals surface area contributed by atoms with Crippen molar-refractivity contribution in [3.05, 3.63) is 54.4 Å². The summed E-state index contributed by atoms with van der Waals surface area (Å²) in [6.07, 6.45) is 11.0. The third kappa shape index (κ3) is 3.25. The molecule has 0 aliphatic heterocycles. The first-order valence-corrected chi connectivity index (χ1v) is 8.73. The second kappa shape index (κ2) is 6.29. The molecular weight excluding hydrogens is 312 g/mol. The van der Waals surface area contributed by atoms with Gasteiger partial charge in [-0.3, -0.25) is 4.79 Å². The van der Waals surface area contributed by atoms with Gasteiger partial charge < -0.3 is 5.32 Å². The zero-order valence-corrected chi connectivity index (χ0v) is 14.0. The lowest BCUT2D eigenvalue weighted by atomic mass is 9.73. The summed E-state index contributed by atoms with van der Waals surface area (Å²) >= 11 is 0. The Balaban J connectivity index is 1.52. The number of amides is 1. The highest BCUT2D eigenvalue weighted by Gasteiger charge is 2.51. The summed E-state index contributed by atoms with van der Waals surface area (Å²) < 4.78 is 0. The molecule has 1 amide bonds. The zero-order chi connectivity index (χ0) is 17.2. The molecule has 2 aromatic heterocycles. The smallest absolute Gasteiger partial charge is 0.289 e. The fourth-order valence-electron chi connectivity index (χ4n) is 4.18. The maximum absolute atomic E-state index is 12.5. The Hall–Kier alpha value is -2.74. The number of nitrogens with zero attached hydrogens (tertiary/aromatic N) is 3. The molecule has 25 heavy (non-hydrogen) atoms. The van der Waals surface area contributed by atoms with Gasteiger partial charge in [-0.05, 0) is 62.6 Å². The van der Waals surface area contributed by atoms with Crippen LogP contribution >= 0.6 is 0 Å². The lowest BCUT2D eigenvalue weighted by Crippen LogP contribution is -2.49. The van der Waals surface area contributed by atoms with E-state index in [0.29, 0.717) is 0 Å². The maximum atomic E-state index is 12.5. The van der Waals surface area contributed by atoms with Crippen LogP contribution in [0.2, 0.25) is 0 Å². The molecule has 2 atom stereocenters. The number of carbonyl (C=O) groups excluding carboxylic acids is 1. The summed E-state index contributed by atoms with van der Waals surface area (Å²) in [7, 11) is 0. The average molecular weight is 332 g/mol. The maximum Gasteiger partial charge on any atom is 0.289 e. The molecule has 0 radical (unpaired) electrons. The van der Waals surface area contributed by atoms with Crippen LogP contribution in [0.25, 0.3) is 0 Å². The largest absolute Gasteiger partial charge is 0.344 e. The minimum absolute atomic E-state index is 0.0133. The number of pyridine rings is 1. The van der Waals surface area contributed by atoms with E-state index in [1.165, 1.54) is 0 Å². The summed E-state index contributed by atoms with van der Waals surface area (Å²) in [4.78, 5) is 24.9. The van der Waals surface area contributed by atoms with Crippen LogP contribution in [-0.2, 0) is 0 Å². The molecule has 0 unspecified atom stereocenters. The third-order valence-electron chi connectivity index (χ3n) is 5.34. The molecule has 2 heterocycles. The Morgan fingerprint density at radius 1 is 1.00 bits per heavy atom. The van der Waals surface area contributed by atoms with Crippen LogP contribution in [0.5, 0.6) is 0 Å². The molecule has 126 valence electrons. The van der Waals surface area contributed by atoms with E-state index in [0.717, 1.165) is 44.2 Å². The molecule has 5 heteroatoms. The topological polar surface area (TPSA) is 67.8 Å². The Bertz CT molecular complexity index is 827. The Labute approximate surface area is 147 Å². The van der Waals surface area contributed by atoms with Crippen LogP contribution in [0.3, 0.4) is 0 Å². The van der Waals surface area contributed by atoms with Crippen molar-refractivity contribution in [3.8, 4) is 11.8 Å². The van der Waals surface area contributed by atoms with Gasteiger partial charge in [-0.2, -0.15) is 0 Å². The molecule has 2 bridgehead atoms. The van der Waals surface area contributed by atoms with Crippen LogP contribution in [0.15, 0.2) is 42.9 Å². The minimum atomic E-state index is -0.184. The lowest BCUT2D eigenvalue weighted by molar-refractivity contribution is 0.0861. The van der Waals surface area contributed by atoms with E-state index in [4.69, 9.17) is 0 Å². The number of hydrogen-bond donors (Lipinski definition) is 1. The molecule has 1 N–H and O–H groups in total. The monoisotopic (exact) mass is 332 g/mol. The Morgan fingerprint density at radius 2 is 1.84 bits per heavy atom. The quantitative estimate of drug-likeness (QED) is 0.859. The van der Waals surface area contributed by atoms with Crippen molar-refractivity contribution in [2.45, 2.75) is 44.1 Å². The summed E-state index contributed by atoms with van der Waals surface area (Å²) in [6, 6.07) is 7.49. The van der Waals surface area contributed by atoms with Crippen molar-refractivity contribution in [2.24, 2.45) is 5.41 Å². The van der Waals surface area contributed by atoms with Gasteiger partial charge in [-0.1, -0.05) is 12.0 Å². The third-order valence-corrected chi connectivity index (χ3v) is 5.34. The van der Waals surface area contributed by atoms with Gasteiger partial charge in [0.05, 0.1) is 0 Å². The molecule has 0 spiro atoms. The van der Waals surface area contributed by atoms with Gasteiger partial charge in [0.25, 0.3) is 5.91 Å². The summed E-state index contributed by atoms with van der Waals surface area (Å²) in [5.41, 5.74) is 0.621. The van der Waals surface area contributed by atoms with Crippen LogP contribution in [0.1, 0.15) is 54.8 Å². The van der Waals surface area contributed by atoms with Crippen molar-refractivity contribution in [2.75, 3.05) is 0 Å². The fourth-order valence-corrected chi connectivity index (χ4v) is 4.18. The Kier molecular flexibility index (Phi) is 3.96. The molecule has 2 saturated carbocycles. The van der Waals surface area contributed by atoms with Crippen molar-refractivity contribution < 1.29 is 4.79 Å². The van der Waals surface area contributed by atoms with Crippen LogP contribution in [0, 0.1) is 17.3 Å². The SMILES string of the molecule is O=C(N[C@]12CCC[C@](C#Cc3ccccn3)(CC1)C2)c1ncccn1. The predicted molar refractivity (Wildman–Crippen MR) is 93.5 cm³/mol. The highest BCUT2D eigenvalue weighted by Crippen LogP contribution is 2.53. The van der Waals surface area contributed by atoms with Crippen molar-refractivity contribution >= 4 is 5.91 Å². The highest BCUT2D eigenvalue weighted by atomic mass is 16.2. The van der Waals surface area contributed by atoms with Crippen molar-refractivity contribution in [1.29, 1.82) is 0 Å². The molecule has 2 fully saturated rings. The van der Waals surface area contributed by atoms with Crippen molar-refractivity contribution in [1.82, 2.24) is 20.3 Å². The molecule has 0 aromatic carbocycles. The van der Waals surface area contributed by atoms with E-state index >= 15 is 0 Å². The first kappa shape index (κ1) is 15.8. The summed E-state index contributed by atoms with van der Waals surface area (Å²) in [6.45, 7) is 0. The molecule has 0 saturated heterocycles. The normalized spacial score (nSPS) is 27.2.